The fraction of sp³-hybridized carbons (Fsp3) is 0.875. The van der Waals surface area contributed by atoms with Gasteiger partial charge in [0.2, 0.25) is 0 Å². The zero-order valence-electron chi connectivity index (χ0n) is 6.75. The molecule has 0 aliphatic heterocycles. The molecule has 0 aromatic carbocycles. The third-order valence-electron chi connectivity index (χ3n) is 2.23. The van der Waals surface area contributed by atoms with Crippen LogP contribution in [-0.4, -0.2) is 24.8 Å². The first-order chi connectivity index (χ1) is 5.27. The smallest absolute Gasteiger partial charge is 0.305 e. The maximum atomic E-state index is 10.7. The molecule has 1 rings (SSSR count). The molecule has 1 N–H and O–H groups in total. The van der Waals surface area contributed by atoms with Gasteiger partial charge in [0.15, 0.2) is 0 Å². The molecular weight excluding hydrogens is 144 g/mol. The van der Waals surface area contributed by atoms with Crippen LogP contribution in [-0.2, 0) is 9.53 Å². The van der Waals surface area contributed by atoms with Crippen LogP contribution in [0.25, 0.3) is 0 Å². The average molecular weight is 158 g/mol. The second kappa shape index (κ2) is 3.72. The van der Waals surface area contributed by atoms with E-state index in [9.17, 15) is 4.79 Å². The van der Waals surface area contributed by atoms with Crippen molar-refractivity contribution < 1.29 is 14.6 Å². The fourth-order valence-electron chi connectivity index (χ4n) is 1.38. The Morgan fingerprint density at radius 2 is 2.36 bits per heavy atom. The van der Waals surface area contributed by atoms with Crippen LogP contribution in [0.3, 0.4) is 0 Å². The van der Waals surface area contributed by atoms with Gasteiger partial charge >= 0.3 is 5.97 Å². The van der Waals surface area contributed by atoms with E-state index in [1.165, 1.54) is 7.11 Å². The van der Waals surface area contributed by atoms with Crippen LogP contribution < -0.4 is 0 Å². The molecule has 3 heteroatoms. The predicted molar refractivity (Wildman–Crippen MR) is 39.9 cm³/mol. The van der Waals surface area contributed by atoms with Gasteiger partial charge in [-0.3, -0.25) is 4.79 Å². The van der Waals surface area contributed by atoms with E-state index in [1.807, 2.05) is 0 Å². The van der Waals surface area contributed by atoms with Crippen LogP contribution in [0, 0.1) is 11.8 Å². The lowest BCUT2D eigenvalue weighted by Crippen LogP contribution is -2.02. The van der Waals surface area contributed by atoms with E-state index in [-0.39, 0.29) is 12.6 Å². The molecule has 64 valence electrons. The molecule has 0 aromatic rings. The highest BCUT2D eigenvalue weighted by molar-refractivity contribution is 5.69. The summed E-state index contributed by atoms with van der Waals surface area (Å²) in [7, 11) is 1.41. The molecule has 0 amide bonds. The summed E-state index contributed by atoms with van der Waals surface area (Å²) in [6, 6.07) is 0. The Morgan fingerprint density at radius 3 is 2.91 bits per heavy atom. The Balaban J connectivity index is 2.08. The predicted octanol–water partition coefficient (Wildman–Crippen LogP) is 0.568. The van der Waals surface area contributed by atoms with Crippen molar-refractivity contribution in [3.05, 3.63) is 0 Å². The Bertz CT molecular complexity index is 144. The number of aliphatic hydroxyl groups is 1. The number of carbonyl (C=O) groups excluding carboxylic acids is 1. The topological polar surface area (TPSA) is 46.5 Å². The van der Waals surface area contributed by atoms with Crippen molar-refractivity contribution in [2.75, 3.05) is 13.7 Å². The molecule has 11 heavy (non-hydrogen) atoms. The first kappa shape index (κ1) is 8.53. The van der Waals surface area contributed by atoms with Gasteiger partial charge in [-0.25, -0.2) is 0 Å². The molecule has 0 unspecified atom stereocenters. The maximum absolute atomic E-state index is 10.7. The van der Waals surface area contributed by atoms with Crippen molar-refractivity contribution in [1.29, 1.82) is 0 Å². The lowest BCUT2D eigenvalue weighted by atomic mass is 10.2. The SMILES string of the molecule is COC(=O)C[C@H]1C[C@@H]1CCO. The minimum Gasteiger partial charge on any atom is -0.469 e. The number of hydrogen-bond acceptors (Lipinski definition) is 3. The molecule has 0 bridgehead atoms. The van der Waals surface area contributed by atoms with Crippen LogP contribution >= 0.6 is 0 Å². The number of rotatable bonds is 4. The summed E-state index contributed by atoms with van der Waals surface area (Å²) in [5.41, 5.74) is 0. The zero-order valence-corrected chi connectivity index (χ0v) is 6.75. The Kier molecular flexibility index (Phi) is 2.88. The van der Waals surface area contributed by atoms with Gasteiger partial charge in [-0.2, -0.15) is 0 Å². The van der Waals surface area contributed by atoms with E-state index < -0.39 is 0 Å². The number of ether oxygens (including phenoxy) is 1. The van der Waals surface area contributed by atoms with Gasteiger partial charge in [-0.05, 0) is 24.7 Å². The standard InChI is InChI=1S/C8H14O3/c1-11-8(10)5-7-4-6(7)2-3-9/h6-7,9H,2-5H2,1H3/t6-,7+/m0/s1. The highest BCUT2D eigenvalue weighted by Gasteiger charge is 2.37. The van der Waals surface area contributed by atoms with Gasteiger partial charge in [0.1, 0.15) is 0 Å². The van der Waals surface area contributed by atoms with Crippen LogP contribution in [0.4, 0.5) is 0 Å². The van der Waals surface area contributed by atoms with Gasteiger partial charge in [0, 0.05) is 13.0 Å². The second-order valence-corrected chi connectivity index (χ2v) is 3.05. The maximum Gasteiger partial charge on any atom is 0.305 e. The molecule has 1 fully saturated rings. The van der Waals surface area contributed by atoms with Crippen LogP contribution in [0.1, 0.15) is 19.3 Å². The third-order valence-corrected chi connectivity index (χ3v) is 2.23. The van der Waals surface area contributed by atoms with E-state index in [0.29, 0.717) is 18.3 Å². The summed E-state index contributed by atoms with van der Waals surface area (Å²) in [6.45, 7) is 0.238. The number of aliphatic hydroxyl groups excluding tert-OH is 1. The molecular formula is C8H14O3. The summed E-state index contributed by atoms with van der Waals surface area (Å²) >= 11 is 0. The normalized spacial score (nSPS) is 28.2. The van der Waals surface area contributed by atoms with E-state index in [0.717, 1.165) is 12.8 Å². The molecule has 0 spiro atoms. The Hall–Kier alpha value is -0.570. The Labute approximate surface area is 66.4 Å². The fourth-order valence-corrected chi connectivity index (χ4v) is 1.38. The lowest BCUT2D eigenvalue weighted by Gasteiger charge is -1.96. The number of carbonyl (C=O) groups is 1. The summed E-state index contributed by atoms with van der Waals surface area (Å²) in [5, 5.41) is 8.57. The second-order valence-electron chi connectivity index (χ2n) is 3.05. The van der Waals surface area contributed by atoms with Crippen LogP contribution in [0.2, 0.25) is 0 Å². The van der Waals surface area contributed by atoms with E-state index in [1.54, 1.807) is 0 Å². The van der Waals surface area contributed by atoms with Gasteiger partial charge in [0.05, 0.1) is 7.11 Å². The largest absolute Gasteiger partial charge is 0.469 e. The van der Waals surface area contributed by atoms with E-state index >= 15 is 0 Å². The molecule has 1 aliphatic rings. The lowest BCUT2D eigenvalue weighted by molar-refractivity contribution is -0.141. The van der Waals surface area contributed by atoms with Gasteiger partial charge < -0.3 is 9.84 Å². The van der Waals surface area contributed by atoms with Crippen molar-refractivity contribution in [1.82, 2.24) is 0 Å². The number of methoxy groups -OCH3 is 1. The van der Waals surface area contributed by atoms with Gasteiger partial charge in [-0.15, -0.1) is 0 Å². The monoisotopic (exact) mass is 158 g/mol. The minimum absolute atomic E-state index is 0.129. The summed E-state index contributed by atoms with van der Waals surface area (Å²) < 4.78 is 4.53. The van der Waals surface area contributed by atoms with Gasteiger partial charge in [0.25, 0.3) is 0 Å². The van der Waals surface area contributed by atoms with Crippen LogP contribution in [0.15, 0.2) is 0 Å². The highest BCUT2D eigenvalue weighted by atomic mass is 16.5. The van der Waals surface area contributed by atoms with E-state index in [4.69, 9.17) is 5.11 Å². The Morgan fingerprint density at radius 1 is 1.64 bits per heavy atom. The van der Waals surface area contributed by atoms with Crippen LogP contribution in [0.5, 0.6) is 0 Å². The molecule has 3 nitrogen and oxygen atoms in total. The highest BCUT2D eigenvalue weighted by Crippen LogP contribution is 2.43. The van der Waals surface area contributed by atoms with Crippen molar-refractivity contribution in [2.45, 2.75) is 19.3 Å². The number of hydrogen-bond donors (Lipinski definition) is 1. The third kappa shape index (κ3) is 2.50. The molecule has 1 aliphatic carbocycles. The number of esters is 1. The average Bonchev–Trinajstić information content (AvgIpc) is 2.69. The quantitative estimate of drug-likeness (QED) is 0.608. The molecule has 0 saturated heterocycles. The van der Waals surface area contributed by atoms with Crippen molar-refractivity contribution in [2.24, 2.45) is 11.8 Å². The van der Waals surface area contributed by atoms with Crippen molar-refractivity contribution in [3.63, 3.8) is 0 Å². The molecule has 1 saturated carbocycles. The molecule has 0 radical (unpaired) electrons. The first-order valence-electron chi connectivity index (χ1n) is 3.95. The molecule has 2 atom stereocenters. The summed E-state index contributed by atoms with van der Waals surface area (Å²) in [5.74, 6) is 0.920. The van der Waals surface area contributed by atoms with E-state index in [2.05, 4.69) is 4.74 Å². The minimum atomic E-state index is -0.129. The van der Waals surface area contributed by atoms with Crippen molar-refractivity contribution in [3.8, 4) is 0 Å². The van der Waals surface area contributed by atoms with Gasteiger partial charge in [-0.1, -0.05) is 0 Å². The summed E-state index contributed by atoms with van der Waals surface area (Å²) in [6.07, 6.45) is 2.44. The van der Waals surface area contributed by atoms with Crippen molar-refractivity contribution >= 4 is 5.97 Å². The summed E-state index contributed by atoms with van der Waals surface area (Å²) in [4.78, 5) is 10.7. The molecule has 0 aromatic heterocycles. The first-order valence-corrected chi connectivity index (χ1v) is 3.95. The molecule has 0 heterocycles. The zero-order chi connectivity index (χ0) is 8.27.